The van der Waals surface area contributed by atoms with E-state index in [0.29, 0.717) is 16.4 Å². The Kier molecular flexibility index (Phi) is 6.42. The van der Waals surface area contributed by atoms with Crippen molar-refractivity contribution in [3.63, 3.8) is 0 Å². The highest BCUT2D eigenvalue weighted by Gasteiger charge is 2.19. The Morgan fingerprint density at radius 2 is 2.00 bits per heavy atom. The summed E-state index contributed by atoms with van der Waals surface area (Å²) in [6.45, 7) is -0.370. The molecule has 1 heterocycles. The molecular weight excluding hydrogens is 414 g/mol. The van der Waals surface area contributed by atoms with Crippen molar-refractivity contribution in [3.8, 4) is 5.69 Å². The first-order valence-electron chi connectivity index (χ1n) is 8.49. The van der Waals surface area contributed by atoms with E-state index in [2.05, 4.69) is 15.4 Å². The van der Waals surface area contributed by atoms with Gasteiger partial charge in [0.15, 0.2) is 0 Å². The average molecular weight is 432 g/mol. The zero-order chi connectivity index (χ0) is 20.9. The average Bonchev–Trinajstić information content (AvgIpc) is 3.22. The number of nitrogens with zero attached hydrogens (tertiary/aromatic N) is 4. The lowest BCUT2D eigenvalue weighted by Crippen LogP contribution is -2.34. The van der Waals surface area contributed by atoms with Gasteiger partial charge in [-0.1, -0.05) is 41.9 Å². The Morgan fingerprint density at radius 3 is 2.69 bits per heavy atom. The summed E-state index contributed by atoms with van der Waals surface area (Å²) in [7, 11) is -2.44. The molecule has 1 N–H and O–H groups in total. The number of anilines is 1. The molecule has 0 saturated heterocycles. The van der Waals surface area contributed by atoms with Crippen LogP contribution in [0.4, 0.5) is 5.69 Å². The predicted molar refractivity (Wildman–Crippen MR) is 112 cm³/mol. The topological polar surface area (TPSA) is 97.2 Å². The van der Waals surface area contributed by atoms with E-state index >= 15 is 0 Å². The van der Waals surface area contributed by atoms with Gasteiger partial charge in [-0.05, 0) is 29.8 Å². The first-order chi connectivity index (χ1) is 13.8. The predicted octanol–water partition coefficient (Wildman–Crippen LogP) is 2.79. The van der Waals surface area contributed by atoms with E-state index in [-0.39, 0.29) is 6.54 Å². The van der Waals surface area contributed by atoms with E-state index in [1.165, 1.54) is 30.5 Å². The van der Waals surface area contributed by atoms with Crippen LogP contribution in [0, 0.1) is 0 Å². The van der Waals surface area contributed by atoms with Crippen LogP contribution in [0.25, 0.3) is 11.8 Å². The molecule has 0 aliphatic carbocycles. The molecule has 0 atom stereocenters. The highest BCUT2D eigenvalue weighted by atomic mass is 35.5. The van der Waals surface area contributed by atoms with Gasteiger partial charge in [0.05, 0.1) is 17.9 Å². The number of hydrogen-bond acceptors (Lipinski definition) is 5. The summed E-state index contributed by atoms with van der Waals surface area (Å²) in [6, 6.07) is 13.9. The smallest absolute Gasteiger partial charge is 0.239 e. The number of sulfonamides is 1. The van der Waals surface area contributed by atoms with Gasteiger partial charge in [-0.25, -0.2) is 18.1 Å². The third kappa shape index (κ3) is 5.50. The fourth-order valence-corrected chi connectivity index (χ4v) is 3.46. The molecule has 0 unspecified atom stereocenters. The molecule has 2 aromatic carbocycles. The summed E-state index contributed by atoms with van der Waals surface area (Å²) in [5, 5.41) is 8.19. The second-order valence-electron chi connectivity index (χ2n) is 6.06. The van der Waals surface area contributed by atoms with E-state index in [1.54, 1.807) is 42.5 Å². The molecule has 0 saturated carbocycles. The van der Waals surface area contributed by atoms with Crippen LogP contribution in [0.15, 0.2) is 66.6 Å². The van der Waals surface area contributed by atoms with E-state index in [4.69, 9.17) is 11.6 Å². The number of rotatable bonds is 7. The largest absolute Gasteiger partial charge is 0.323 e. The Balaban J connectivity index is 1.71. The summed E-state index contributed by atoms with van der Waals surface area (Å²) in [6.07, 6.45) is 4.31. The zero-order valence-corrected chi connectivity index (χ0v) is 17.0. The summed E-state index contributed by atoms with van der Waals surface area (Å²) in [4.78, 5) is 16.3. The highest BCUT2D eigenvalue weighted by Crippen LogP contribution is 2.24. The second kappa shape index (κ2) is 8.99. The fraction of sp³-hybridized carbons (Fsp3) is 0.105. The number of hydrogen-bond donors (Lipinski definition) is 1. The Hall–Kier alpha value is -3.01. The van der Waals surface area contributed by atoms with Crippen molar-refractivity contribution >= 4 is 39.3 Å². The second-order valence-corrected chi connectivity index (χ2v) is 8.43. The number of nitrogens with one attached hydrogen (secondary N) is 1. The van der Waals surface area contributed by atoms with Crippen LogP contribution >= 0.6 is 11.6 Å². The molecule has 3 aromatic rings. The summed E-state index contributed by atoms with van der Waals surface area (Å²) >= 11 is 6.03. The summed E-state index contributed by atoms with van der Waals surface area (Å²) < 4.78 is 27.3. The number of carbonyl (C=O) groups excluding carboxylic acids is 1. The Morgan fingerprint density at radius 1 is 1.24 bits per heavy atom. The van der Waals surface area contributed by atoms with Crippen molar-refractivity contribution in [1.82, 2.24) is 19.1 Å². The highest BCUT2D eigenvalue weighted by molar-refractivity contribution is 7.92. The molecule has 10 heteroatoms. The number of carbonyl (C=O) groups is 1. The van der Waals surface area contributed by atoms with Gasteiger partial charge < -0.3 is 5.32 Å². The molecule has 0 radical (unpaired) electrons. The number of halogens is 1. The van der Waals surface area contributed by atoms with E-state index in [9.17, 15) is 13.2 Å². The summed E-state index contributed by atoms with van der Waals surface area (Å²) in [5.41, 5.74) is 1.68. The normalized spacial score (nSPS) is 11.8. The van der Waals surface area contributed by atoms with Crippen molar-refractivity contribution in [2.45, 2.75) is 0 Å². The van der Waals surface area contributed by atoms with Crippen LogP contribution < -0.4 is 5.32 Å². The maximum atomic E-state index is 12.4. The lowest BCUT2D eigenvalue weighted by atomic mass is 10.2. The molecule has 0 fully saturated rings. The molecule has 8 nitrogen and oxygen atoms in total. The van der Waals surface area contributed by atoms with Gasteiger partial charge in [0.25, 0.3) is 0 Å². The molecule has 0 aliphatic heterocycles. The van der Waals surface area contributed by atoms with Crippen LogP contribution in [0.2, 0.25) is 5.02 Å². The van der Waals surface area contributed by atoms with Gasteiger partial charge in [0, 0.05) is 17.5 Å². The van der Waals surface area contributed by atoms with Crippen molar-refractivity contribution < 1.29 is 13.2 Å². The first kappa shape index (κ1) is 20.7. The molecular formula is C19H18ClN5O3S. The van der Waals surface area contributed by atoms with Gasteiger partial charge in [0.1, 0.15) is 12.7 Å². The minimum Gasteiger partial charge on any atom is -0.323 e. The molecule has 0 aliphatic rings. The van der Waals surface area contributed by atoms with Gasteiger partial charge >= 0.3 is 0 Å². The number of likely N-dealkylation sites (N-methyl/N-ethyl adjacent to an activating group) is 1. The standard InChI is InChI=1S/C19H18ClN5O3S/c1-24(29(27,28)10-9-15-5-3-2-4-6-15)12-19(26)23-17-11-16(20)7-8-18(17)25-14-21-13-22-25/h2-11,13-14H,12H2,1H3,(H,23,26)/b10-9+. The van der Waals surface area contributed by atoms with Gasteiger partial charge in [0.2, 0.25) is 15.9 Å². The van der Waals surface area contributed by atoms with Crippen molar-refractivity contribution in [2.75, 3.05) is 18.9 Å². The third-order valence-corrected chi connectivity index (χ3v) is 5.64. The maximum Gasteiger partial charge on any atom is 0.239 e. The summed E-state index contributed by atoms with van der Waals surface area (Å²) in [5.74, 6) is -0.521. The number of amides is 1. The lowest BCUT2D eigenvalue weighted by Gasteiger charge is -2.16. The Labute approximate surface area is 173 Å². The minimum absolute atomic E-state index is 0.370. The molecule has 29 heavy (non-hydrogen) atoms. The SMILES string of the molecule is CN(CC(=O)Nc1cc(Cl)ccc1-n1cncn1)S(=O)(=O)/C=C/c1ccccc1. The molecule has 1 aromatic heterocycles. The van der Waals surface area contributed by atoms with E-state index < -0.39 is 15.9 Å². The van der Waals surface area contributed by atoms with Gasteiger partial charge in [-0.2, -0.15) is 9.40 Å². The van der Waals surface area contributed by atoms with Crippen LogP contribution in [0.3, 0.4) is 0 Å². The van der Waals surface area contributed by atoms with Crippen LogP contribution in [0.5, 0.6) is 0 Å². The first-order valence-corrected chi connectivity index (χ1v) is 10.4. The third-order valence-electron chi connectivity index (χ3n) is 3.93. The quantitative estimate of drug-likeness (QED) is 0.620. The molecule has 0 bridgehead atoms. The zero-order valence-electron chi connectivity index (χ0n) is 15.4. The molecule has 1 amide bonds. The molecule has 150 valence electrons. The fourth-order valence-electron chi connectivity index (χ4n) is 2.46. The van der Waals surface area contributed by atoms with Crippen molar-refractivity contribution in [1.29, 1.82) is 0 Å². The van der Waals surface area contributed by atoms with E-state index in [1.807, 2.05) is 6.07 Å². The van der Waals surface area contributed by atoms with Crippen molar-refractivity contribution in [2.24, 2.45) is 0 Å². The molecule has 3 rings (SSSR count). The van der Waals surface area contributed by atoms with Crippen molar-refractivity contribution in [3.05, 3.63) is 77.2 Å². The monoisotopic (exact) mass is 431 g/mol. The molecule has 0 spiro atoms. The van der Waals surface area contributed by atoms with Crippen LogP contribution in [0.1, 0.15) is 5.56 Å². The van der Waals surface area contributed by atoms with E-state index in [0.717, 1.165) is 15.3 Å². The van der Waals surface area contributed by atoms with Gasteiger partial charge in [-0.15, -0.1) is 0 Å². The number of aromatic nitrogens is 3. The minimum atomic E-state index is -3.77. The maximum absolute atomic E-state index is 12.4. The lowest BCUT2D eigenvalue weighted by molar-refractivity contribution is -0.116. The van der Waals surface area contributed by atoms with Gasteiger partial charge in [-0.3, -0.25) is 4.79 Å². The Bertz CT molecular complexity index is 1120. The number of benzene rings is 2. The van der Waals surface area contributed by atoms with Crippen LogP contribution in [-0.4, -0.2) is 47.0 Å². The van der Waals surface area contributed by atoms with Crippen LogP contribution in [-0.2, 0) is 14.8 Å².